The van der Waals surface area contributed by atoms with Crippen LogP contribution in [0.4, 0.5) is 5.69 Å². The van der Waals surface area contributed by atoms with Crippen molar-refractivity contribution in [2.45, 2.75) is 32.7 Å². The van der Waals surface area contributed by atoms with Gasteiger partial charge in [0.25, 0.3) is 11.2 Å². The highest BCUT2D eigenvalue weighted by Crippen LogP contribution is 2.25. The zero-order valence-electron chi connectivity index (χ0n) is 13.7. The summed E-state index contributed by atoms with van der Waals surface area (Å²) in [5.74, 6) is -0.911. The molecule has 0 atom stereocenters. The van der Waals surface area contributed by atoms with Gasteiger partial charge in [0.05, 0.1) is 35.5 Å². The van der Waals surface area contributed by atoms with Gasteiger partial charge in [-0.15, -0.1) is 11.3 Å². The van der Waals surface area contributed by atoms with Gasteiger partial charge in [-0.25, -0.2) is 9.78 Å². The van der Waals surface area contributed by atoms with Crippen molar-refractivity contribution in [3.63, 3.8) is 0 Å². The highest BCUT2D eigenvalue weighted by atomic mass is 32.1. The molecule has 0 aliphatic rings. The number of rotatable bonds is 4. The van der Waals surface area contributed by atoms with E-state index >= 15 is 0 Å². The Morgan fingerprint density at radius 3 is 2.62 bits per heavy atom. The van der Waals surface area contributed by atoms with E-state index in [9.17, 15) is 19.7 Å². The lowest BCUT2D eigenvalue weighted by Gasteiger charge is -2.13. The second-order valence-corrected chi connectivity index (χ2v) is 7.05. The number of ether oxygens (including phenoxy) is 1. The molecule has 0 amide bonds. The van der Waals surface area contributed by atoms with Crippen molar-refractivity contribution in [3.05, 3.63) is 54.4 Å². The number of hydrogen-bond donors (Lipinski definition) is 0. The highest BCUT2D eigenvalue weighted by Gasteiger charge is 2.21. The van der Waals surface area contributed by atoms with Gasteiger partial charge in [-0.2, -0.15) is 0 Å². The number of carbonyl (C=O) groups is 1. The molecule has 0 bridgehead atoms. The zero-order valence-corrected chi connectivity index (χ0v) is 14.5. The number of esters is 1. The highest BCUT2D eigenvalue weighted by molar-refractivity contribution is 7.09. The van der Waals surface area contributed by atoms with Gasteiger partial charge in [0.15, 0.2) is 0 Å². The van der Waals surface area contributed by atoms with Crippen molar-refractivity contribution in [1.82, 2.24) is 9.55 Å². The maximum atomic E-state index is 12.4. The molecule has 0 N–H and O–H groups in total. The van der Waals surface area contributed by atoms with Crippen LogP contribution in [0.3, 0.4) is 0 Å². The summed E-state index contributed by atoms with van der Waals surface area (Å²) in [5, 5.41) is 13.7. The Balaban J connectivity index is 2.48. The summed E-state index contributed by atoms with van der Waals surface area (Å²) in [4.78, 5) is 38.9. The van der Waals surface area contributed by atoms with Crippen LogP contribution in [0.2, 0.25) is 0 Å². The van der Waals surface area contributed by atoms with Crippen molar-refractivity contribution in [1.29, 1.82) is 0 Å². The van der Waals surface area contributed by atoms with Gasteiger partial charge in [-0.3, -0.25) is 14.9 Å². The quantitative estimate of drug-likeness (QED) is 0.476. The molecule has 0 spiro atoms. The first-order valence-corrected chi connectivity index (χ1v) is 7.93. The SMILES string of the molecule is COC(=O)c1cc([N+](=O)[O-])cn(Cc2csc(C(C)(C)C)n2)c1=O. The third-order valence-corrected chi connectivity index (χ3v) is 4.53. The molecule has 128 valence electrons. The first kappa shape index (κ1) is 17.8. The molecular weight excluding hydrogens is 334 g/mol. The number of hydrogen-bond acceptors (Lipinski definition) is 7. The largest absolute Gasteiger partial charge is 0.465 e. The number of thiazole rings is 1. The van der Waals surface area contributed by atoms with Crippen molar-refractivity contribution in [2.75, 3.05) is 7.11 Å². The van der Waals surface area contributed by atoms with E-state index in [1.165, 1.54) is 11.3 Å². The molecule has 2 rings (SSSR count). The van der Waals surface area contributed by atoms with Gasteiger partial charge < -0.3 is 9.30 Å². The molecule has 0 fully saturated rings. The standard InChI is InChI=1S/C15H17N3O5S/c1-15(2,3)14-16-9(8-24-14)6-17-7-10(18(21)22)5-11(12(17)19)13(20)23-4/h5,7-8H,6H2,1-4H3. The molecule has 2 aromatic heterocycles. The molecule has 24 heavy (non-hydrogen) atoms. The Morgan fingerprint density at radius 1 is 1.46 bits per heavy atom. The minimum atomic E-state index is -0.911. The van der Waals surface area contributed by atoms with Crippen LogP contribution < -0.4 is 5.56 Å². The summed E-state index contributed by atoms with van der Waals surface area (Å²) in [6.45, 7) is 6.09. The predicted octanol–water partition coefficient (Wildman–Crippen LogP) is 2.35. The van der Waals surface area contributed by atoms with Crippen LogP contribution in [0.15, 0.2) is 22.4 Å². The molecule has 0 unspecified atom stereocenters. The Bertz CT molecular complexity index is 848. The average Bonchev–Trinajstić information content (AvgIpc) is 2.97. The molecule has 0 aliphatic carbocycles. The minimum absolute atomic E-state index is 0.0388. The Hall–Kier alpha value is -2.55. The van der Waals surface area contributed by atoms with Gasteiger partial charge in [-0.05, 0) is 0 Å². The molecule has 2 aromatic rings. The molecular formula is C15H17N3O5S. The molecule has 0 saturated heterocycles. The van der Waals surface area contributed by atoms with E-state index in [-0.39, 0.29) is 23.2 Å². The molecule has 0 aromatic carbocycles. The number of carbonyl (C=O) groups excluding carboxylic acids is 1. The van der Waals surface area contributed by atoms with Crippen molar-refractivity contribution in [3.8, 4) is 0 Å². The lowest BCUT2D eigenvalue weighted by Crippen LogP contribution is -2.27. The number of aromatic nitrogens is 2. The van der Waals surface area contributed by atoms with E-state index in [1.807, 2.05) is 20.8 Å². The van der Waals surface area contributed by atoms with E-state index in [2.05, 4.69) is 9.72 Å². The molecule has 8 nitrogen and oxygen atoms in total. The first-order chi connectivity index (χ1) is 11.1. The van der Waals surface area contributed by atoms with E-state index in [0.717, 1.165) is 28.9 Å². The minimum Gasteiger partial charge on any atom is -0.465 e. The number of nitrogens with zero attached hydrogens (tertiary/aromatic N) is 3. The van der Waals surface area contributed by atoms with Gasteiger partial charge in [0, 0.05) is 16.9 Å². The second kappa shape index (κ2) is 6.52. The summed E-state index contributed by atoms with van der Waals surface area (Å²) in [5.41, 5.74) is -0.923. The van der Waals surface area contributed by atoms with Crippen molar-refractivity contribution < 1.29 is 14.5 Å². The topological polar surface area (TPSA) is 104 Å². The van der Waals surface area contributed by atoms with Gasteiger partial charge in [-0.1, -0.05) is 20.8 Å². The first-order valence-electron chi connectivity index (χ1n) is 7.05. The summed E-state index contributed by atoms with van der Waals surface area (Å²) in [6, 6.07) is 0.923. The van der Waals surface area contributed by atoms with Crippen LogP contribution in [0, 0.1) is 10.1 Å². The van der Waals surface area contributed by atoms with Crippen molar-refractivity contribution in [2.24, 2.45) is 0 Å². The summed E-state index contributed by atoms with van der Waals surface area (Å²) < 4.78 is 5.62. The number of methoxy groups -OCH3 is 1. The predicted molar refractivity (Wildman–Crippen MR) is 88.6 cm³/mol. The lowest BCUT2D eigenvalue weighted by molar-refractivity contribution is -0.385. The maximum absolute atomic E-state index is 12.4. The summed E-state index contributed by atoms with van der Waals surface area (Å²) >= 11 is 1.46. The molecule has 0 radical (unpaired) electrons. The van der Waals surface area contributed by atoms with E-state index in [1.54, 1.807) is 5.38 Å². The fraction of sp³-hybridized carbons (Fsp3) is 0.400. The van der Waals surface area contributed by atoms with Crippen LogP contribution >= 0.6 is 11.3 Å². The Labute approximate surface area is 141 Å². The molecule has 0 aliphatic heterocycles. The molecule has 2 heterocycles. The van der Waals surface area contributed by atoms with E-state index in [4.69, 9.17) is 0 Å². The van der Waals surface area contributed by atoms with Crippen LogP contribution in [0.1, 0.15) is 41.8 Å². The fourth-order valence-electron chi connectivity index (χ4n) is 1.99. The normalized spacial score (nSPS) is 11.3. The maximum Gasteiger partial charge on any atom is 0.343 e. The van der Waals surface area contributed by atoms with Gasteiger partial charge in [0.2, 0.25) is 0 Å². The van der Waals surface area contributed by atoms with E-state index in [0.29, 0.717) is 5.69 Å². The molecule has 9 heteroatoms. The zero-order chi connectivity index (χ0) is 18.1. The fourth-order valence-corrected chi connectivity index (χ4v) is 2.89. The summed E-state index contributed by atoms with van der Waals surface area (Å²) in [7, 11) is 1.11. The van der Waals surface area contributed by atoms with E-state index < -0.39 is 16.5 Å². The van der Waals surface area contributed by atoms with Crippen LogP contribution in [0.25, 0.3) is 0 Å². The van der Waals surface area contributed by atoms with Crippen LogP contribution in [0.5, 0.6) is 0 Å². The second-order valence-electron chi connectivity index (χ2n) is 6.19. The van der Waals surface area contributed by atoms with Crippen LogP contribution in [-0.4, -0.2) is 27.6 Å². The van der Waals surface area contributed by atoms with Crippen LogP contribution in [-0.2, 0) is 16.7 Å². The Morgan fingerprint density at radius 2 is 2.12 bits per heavy atom. The van der Waals surface area contributed by atoms with Gasteiger partial charge in [0.1, 0.15) is 5.56 Å². The third kappa shape index (κ3) is 3.67. The molecule has 0 saturated carbocycles. The number of nitro groups is 1. The Kier molecular flexibility index (Phi) is 4.83. The lowest BCUT2D eigenvalue weighted by atomic mass is 9.98. The smallest absolute Gasteiger partial charge is 0.343 e. The van der Waals surface area contributed by atoms with Gasteiger partial charge >= 0.3 is 5.97 Å². The van der Waals surface area contributed by atoms with Crippen molar-refractivity contribution >= 4 is 23.0 Å². The monoisotopic (exact) mass is 351 g/mol. The average molecular weight is 351 g/mol. The summed E-state index contributed by atoms with van der Waals surface area (Å²) in [6.07, 6.45) is 1.10. The third-order valence-electron chi connectivity index (χ3n) is 3.21. The number of pyridine rings is 1.